The first-order valence-electron chi connectivity index (χ1n) is 19.3. The molecule has 0 amide bonds. The molecule has 1 atom stereocenters. The summed E-state index contributed by atoms with van der Waals surface area (Å²) < 4.78 is 0. The molecule has 1 unspecified atom stereocenters. The number of rotatable bonds is 5. The largest absolute Gasteiger partial charge is 0.228 e. The molecule has 0 N–H and O–H groups in total. The third kappa shape index (κ3) is 4.89. The van der Waals surface area contributed by atoms with E-state index in [-0.39, 0.29) is 5.41 Å². The summed E-state index contributed by atoms with van der Waals surface area (Å²) in [6.45, 7) is 2.37. The third-order valence-corrected chi connectivity index (χ3v) is 12.0. The Labute approximate surface area is 326 Å². The van der Waals surface area contributed by atoms with Crippen molar-refractivity contribution in [2.24, 2.45) is 0 Å². The Bertz CT molecular complexity index is 3130. The first-order valence-corrected chi connectivity index (χ1v) is 19.3. The zero-order valence-corrected chi connectivity index (χ0v) is 30.9. The van der Waals surface area contributed by atoms with Crippen molar-refractivity contribution in [2.75, 3.05) is 0 Å². The normalized spacial score (nSPS) is 14.6. The van der Waals surface area contributed by atoms with Crippen LogP contribution in [0, 0.1) is 0 Å². The van der Waals surface area contributed by atoms with Crippen molar-refractivity contribution in [1.82, 2.24) is 9.97 Å². The van der Waals surface area contributed by atoms with Gasteiger partial charge in [0, 0.05) is 27.5 Å². The van der Waals surface area contributed by atoms with Crippen molar-refractivity contribution in [3.05, 3.63) is 217 Å². The zero-order valence-electron chi connectivity index (χ0n) is 30.9. The second-order valence-electron chi connectivity index (χ2n) is 15.0. The van der Waals surface area contributed by atoms with Crippen LogP contribution in [0.1, 0.15) is 23.6 Å². The number of benzene rings is 9. The quantitative estimate of drug-likeness (QED) is 0.131. The highest BCUT2D eigenvalue weighted by Gasteiger charge is 2.40. The standard InChI is InChI=1S/C54H36N2/c1-54(39-22-9-4-10-23-39)46-28-16-15-25-41(46)42-31-30-38(33-47(42)54)48-34-49(56-53(55-48)37-20-7-3-8-21-37)52-44-27-14-13-26-43(44)50(36-18-5-2-6-19-36)45-32-29-35-17-11-12-24-40(35)51(45)52/h2-34H,1H3. The number of hydrogen-bond donors (Lipinski definition) is 0. The minimum atomic E-state index is -0.320. The minimum Gasteiger partial charge on any atom is -0.228 e. The average molecular weight is 713 g/mol. The fourth-order valence-electron chi connectivity index (χ4n) is 9.30. The van der Waals surface area contributed by atoms with Gasteiger partial charge in [-0.2, -0.15) is 0 Å². The Balaban J connectivity index is 1.23. The molecule has 0 fully saturated rings. The van der Waals surface area contributed by atoms with Crippen molar-refractivity contribution in [3.8, 4) is 56.2 Å². The van der Waals surface area contributed by atoms with Crippen LogP contribution >= 0.6 is 0 Å². The van der Waals surface area contributed by atoms with Crippen LogP contribution in [0.4, 0.5) is 0 Å². The molecule has 1 aliphatic rings. The fraction of sp³-hybridized carbons (Fsp3) is 0.0370. The highest BCUT2D eigenvalue weighted by molar-refractivity contribution is 6.27. The second kappa shape index (κ2) is 12.7. The molecule has 1 aromatic heterocycles. The molecule has 1 heterocycles. The van der Waals surface area contributed by atoms with Crippen molar-refractivity contribution in [1.29, 1.82) is 0 Å². The predicted molar refractivity (Wildman–Crippen MR) is 234 cm³/mol. The van der Waals surface area contributed by atoms with Gasteiger partial charge in [0.25, 0.3) is 0 Å². The summed E-state index contributed by atoms with van der Waals surface area (Å²) >= 11 is 0. The van der Waals surface area contributed by atoms with Gasteiger partial charge in [-0.3, -0.25) is 0 Å². The van der Waals surface area contributed by atoms with Gasteiger partial charge in [-0.1, -0.05) is 188 Å². The summed E-state index contributed by atoms with van der Waals surface area (Å²) in [5.74, 6) is 0.706. The van der Waals surface area contributed by atoms with E-state index in [1.54, 1.807) is 0 Å². The van der Waals surface area contributed by atoms with Gasteiger partial charge in [0.2, 0.25) is 0 Å². The maximum atomic E-state index is 5.48. The molecular weight excluding hydrogens is 677 g/mol. The Kier molecular flexibility index (Phi) is 7.33. The van der Waals surface area contributed by atoms with Crippen molar-refractivity contribution in [3.63, 3.8) is 0 Å². The molecule has 0 saturated carbocycles. The lowest BCUT2D eigenvalue weighted by Gasteiger charge is -2.28. The minimum absolute atomic E-state index is 0.320. The smallest absolute Gasteiger partial charge is 0.160 e. The maximum Gasteiger partial charge on any atom is 0.160 e. The SMILES string of the molecule is CC1(c2ccccc2)c2ccccc2-c2ccc(-c3cc(-c4c5ccccc5c(-c5ccccc5)c5ccc6ccccc6c45)nc(-c4ccccc4)n3)cc21. The lowest BCUT2D eigenvalue weighted by Crippen LogP contribution is -2.22. The molecule has 10 aromatic rings. The number of aromatic nitrogens is 2. The fourth-order valence-corrected chi connectivity index (χ4v) is 9.30. The molecule has 9 aromatic carbocycles. The number of fused-ring (bicyclic) bond motifs is 7. The maximum absolute atomic E-state index is 5.48. The van der Waals surface area contributed by atoms with E-state index < -0.39 is 0 Å². The van der Waals surface area contributed by atoms with Crippen LogP contribution in [0.3, 0.4) is 0 Å². The molecule has 0 saturated heterocycles. The van der Waals surface area contributed by atoms with Crippen LogP contribution < -0.4 is 0 Å². The first-order chi connectivity index (χ1) is 27.7. The summed E-state index contributed by atoms with van der Waals surface area (Å²) in [7, 11) is 0. The van der Waals surface area contributed by atoms with Gasteiger partial charge in [-0.05, 0) is 84.9 Å². The number of hydrogen-bond acceptors (Lipinski definition) is 2. The lowest BCUT2D eigenvalue weighted by atomic mass is 9.74. The van der Waals surface area contributed by atoms with Gasteiger partial charge in [0.05, 0.1) is 11.4 Å². The summed E-state index contributed by atoms with van der Waals surface area (Å²) in [6, 6.07) is 72.3. The molecule has 262 valence electrons. The summed E-state index contributed by atoms with van der Waals surface area (Å²) in [5.41, 5.74) is 13.5. The van der Waals surface area contributed by atoms with Crippen LogP contribution in [-0.4, -0.2) is 9.97 Å². The van der Waals surface area contributed by atoms with Crippen LogP contribution in [0.25, 0.3) is 88.5 Å². The van der Waals surface area contributed by atoms with Gasteiger partial charge in [0.1, 0.15) is 0 Å². The van der Waals surface area contributed by atoms with E-state index in [4.69, 9.17) is 9.97 Å². The summed E-state index contributed by atoms with van der Waals surface area (Å²) in [4.78, 5) is 10.8. The van der Waals surface area contributed by atoms with Gasteiger partial charge >= 0.3 is 0 Å². The summed E-state index contributed by atoms with van der Waals surface area (Å²) in [5, 5.41) is 7.18. The molecule has 11 rings (SSSR count). The second-order valence-corrected chi connectivity index (χ2v) is 15.0. The Morgan fingerprint density at radius 3 is 1.73 bits per heavy atom. The molecule has 0 aliphatic heterocycles. The third-order valence-electron chi connectivity index (χ3n) is 12.0. The van der Waals surface area contributed by atoms with Crippen LogP contribution in [-0.2, 0) is 5.41 Å². The zero-order chi connectivity index (χ0) is 37.2. The van der Waals surface area contributed by atoms with Crippen molar-refractivity contribution < 1.29 is 0 Å². The number of nitrogens with zero attached hydrogens (tertiary/aromatic N) is 2. The van der Waals surface area contributed by atoms with Gasteiger partial charge in [0.15, 0.2) is 5.82 Å². The van der Waals surface area contributed by atoms with Crippen LogP contribution in [0.5, 0.6) is 0 Å². The van der Waals surface area contributed by atoms with Gasteiger partial charge < -0.3 is 0 Å². The molecule has 2 nitrogen and oxygen atoms in total. The molecule has 0 spiro atoms. The molecule has 0 bridgehead atoms. The van der Waals surface area contributed by atoms with Crippen LogP contribution in [0.15, 0.2) is 200 Å². The van der Waals surface area contributed by atoms with E-state index in [1.165, 1.54) is 71.3 Å². The molecule has 2 heteroatoms. The van der Waals surface area contributed by atoms with E-state index in [0.717, 1.165) is 28.1 Å². The van der Waals surface area contributed by atoms with E-state index >= 15 is 0 Å². The van der Waals surface area contributed by atoms with E-state index in [2.05, 4.69) is 201 Å². The van der Waals surface area contributed by atoms with Crippen LogP contribution in [0.2, 0.25) is 0 Å². The van der Waals surface area contributed by atoms with E-state index in [1.807, 2.05) is 6.07 Å². The predicted octanol–water partition coefficient (Wildman–Crippen LogP) is 13.9. The lowest BCUT2D eigenvalue weighted by molar-refractivity contribution is 0.714. The Morgan fingerprint density at radius 1 is 0.375 bits per heavy atom. The summed E-state index contributed by atoms with van der Waals surface area (Å²) in [6.07, 6.45) is 0. The van der Waals surface area contributed by atoms with Gasteiger partial charge in [-0.15, -0.1) is 0 Å². The highest BCUT2D eigenvalue weighted by atomic mass is 14.9. The van der Waals surface area contributed by atoms with Crippen molar-refractivity contribution >= 4 is 32.3 Å². The monoisotopic (exact) mass is 712 g/mol. The molecule has 1 aliphatic carbocycles. The molecule has 56 heavy (non-hydrogen) atoms. The molecular formula is C54H36N2. The Morgan fingerprint density at radius 2 is 0.964 bits per heavy atom. The average Bonchev–Trinajstić information content (AvgIpc) is 3.54. The topological polar surface area (TPSA) is 25.8 Å². The van der Waals surface area contributed by atoms with E-state index in [9.17, 15) is 0 Å². The van der Waals surface area contributed by atoms with Crippen molar-refractivity contribution in [2.45, 2.75) is 12.3 Å². The Hall–Kier alpha value is -7.16. The highest BCUT2D eigenvalue weighted by Crippen LogP contribution is 2.53. The van der Waals surface area contributed by atoms with Gasteiger partial charge in [-0.25, -0.2) is 9.97 Å². The van der Waals surface area contributed by atoms with E-state index in [0.29, 0.717) is 5.82 Å². The first kappa shape index (κ1) is 32.3. The molecule has 0 radical (unpaired) electrons.